The molecule has 0 aliphatic rings. The van der Waals surface area contributed by atoms with Gasteiger partial charge in [-0.05, 0) is 12.1 Å². The molecule has 0 fully saturated rings. The van der Waals surface area contributed by atoms with Crippen LogP contribution in [0.15, 0.2) is 18.3 Å². The molecular formula is C6H8N2O3S. The molecule has 1 rings (SSSR count). The average molecular weight is 190 g/mol. The quantitative estimate of drug-likeness (QED) is 0.625. The van der Waals surface area contributed by atoms with E-state index in [0.29, 0.717) is 0 Å². The molecule has 5 nitrogen and oxygen atoms in total. The van der Waals surface area contributed by atoms with Crippen molar-refractivity contribution in [3.63, 3.8) is 0 Å². The highest BCUT2D eigenvalue weighted by Crippen LogP contribution is 1.97. The molecule has 0 saturated heterocycles. The standard InChI is InChI=1S/C6H8N2O3S/c1-12(9,10)11-5-6-3-2-4-7-8-6/h2-4H,5H2,1H3/i5D2. The lowest BCUT2D eigenvalue weighted by atomic mass is 10.4. The van der Waals surface area contributed by atoms with Gasteiger partial charge in [0.2, 0.25) is 0 Å². The van der Waals surface area contributed by atoms with Crippen molar-refractivity contribution in [1.29, 1.82) is 0 Å². The van der Waals surface area contributed by atoms with E-state index < -0.39 is 16.7 Å². The zero-order chi connectivity index (χ0) is 10.8. The molecule has 66 valence electrons. The lowest BCUT2D eigenvalue weighted by Gasteiger charge is -1.98. The van der Waals surface area contributed by atoms with Gasteiger partial charge in [-0.15, -0.1) is 0 Å². The minimum atomic E-state index is -3.87. The zero-order valence-corrected chi connectivity index (χ0v) is 7.08. The van der Waals surface area contributed by atoms with Gasteiger partial charge in [0.05, 0.1) is 14.7 Å². The Labute approximate surface area is 73.3 Å². The number of nitrogens with zero attached hydrogens (tertiary/aromatic N) is 2. The van der Waals surface area contributed by atoms with Crippen molar-refractivity contribution >= 4 is 10.1 Å². The fourth-order valence-corrected chi connectivity index (χ4v) is 0.711. The molecule has 12 heavy (non-hydrogen) atoms. The maximum Gasteiger partial charge on any atom is 0.264 e. The molecule has 0 bridgehead atoms. The Balaban J connectivity index is 2.97. The second-order valence-corrected chi connectivity index (χ2v) is 3.57. The van der Waals surface area contributed by atoms with Crippen molar-refractivity contribution < 1.29 is 15.3 Å². The fraction of sp³-hybridized carbons (Fsp3) is 0.333. The van der Waals surface area contributed by atoms with Crippen molar-refractivity contribution in [3.05, 3.63) is 24.0 Å². The first-order valence-corrected chi connectivity index (χ1v) is 4.82. The van der Waals surface area contributed by atoms with E-state index in [0.717, 1.165) is 6.26 Å². The minimum absolute atomic E-state index is 0.189. The van der Waals surface area contributed by atoms with Gasteiger partial charge in [0, 0.05) is 6.20 Å². The van der Waals surface area contributed by atoms with Crippen LogP contribution in [0, 0.1) is 0 Å². The first-order valence-electron chi connectivity index (χ1n) is 4.00. The Morgan fingerprint density at radius 1 is 1.75 bits per heavy atom. The van der Waals surface area contributed by atoms with Crippen LogP contribution >= 0.6 is 0 Å². The first kappa shape index (κ1) is 6.50. The molecule has 6 heteroatoms. The average Bonchev–Trinajstić information content (AvgIpc) is 2.01. The lowest BCUT2D eigenvalue weighted by molar-refractivity contribution is 0.306. The molecule has 0 aliphatic carbocycles. The maximum atomic E-state index is 10.7. The minimum Gasteiger partial charge on any atom is -0.264 e. The van der Waals surface area contributed by atoms with E-state index in [-0.39, 0.29) is 5.69 Å². The highest BCUT2D eigenvalue weighted by Gasteiger charge is 2.02. The highest BCUT2D eigenvalue weighted by atomic mass is 32.2. The van der Waals surface area contributed by atoms with E-state index in [4.69, 9.17) is 2.74 Å². The highest BCUT2D eigenvalue weighted by molar-refractivity contribution is 7.85. The Bertz CT molecular complexity index is 406. The third kappa shape index (κ3) is 3.40. The van der Waals surface area contributed by atoms with Crippen LogP contribution in [-0.4, -0.2) is 24.9 Å². The zero-order valence-electron chi connectivity index (χ0n) is 8.26. The maximum absolute atomic E-state index is 10.7. The van der Waals surface area contributed by atoms with Crippen molar-refractivity contribution in [2.75, 3.05) is 6.26 Å². The summed E-state index contributed by atoms with van der Waals surface area (Å²) in [5, 5.41) is 6.84. The number of hydrogen-bond acceptors (Lipinski definition) is 5. The largest absolute Gasteiger partial charge is 0.264 e. The van der Waals surface area contributed by atoms with E-state index in [9.17, 15) is 8.42 Å². The predicted octanol–water partition coefficient (Wildman–Crippen LogP) is -0.0472. The molecule has 0 spiro atoms. The number of aromatic nitrogens is 2. The van der Waals surface area contributed by atoms with E-state index >= 15 is 0 Å². The topological polar surface area (TPSA) is 69.2 Å². The second-order valence-electron chi connectivity index (χ2n) is 2.00. The molecular weight excluding hydrogens is 180 g/mol. The Morgan fingerprint density at radius 3 is 3.00 bits per heavy atom. The Morgan fingerprint density at radius 2 is 2.50 bits per heavy atom. The van der Waals surface area contributed by atoms with Crippen molar-refractivity contribution in [2.45, 2.75) is 6.56 Å². The van der Waals surface area contributed by atoms with Crippen LogP contribution in [-0.2, 0) is 20.9 Å². The molecule has 1 aromatic heterocycles. The van der Waals surface area contributed by atoms with E-state index in [1.54, 1.807) is 0 Å². The summed E-state index contributed by atoms with van der Waals surface area (Å²) in [6, 6.07) is 2.73. The molecule has 1 heterocycles. The van der Waals surface area contributed by atoms with Crippen LogP contribution in [0.5, 0.6) is 0 Å². The van der Waals surface area contributed by atoms with Crippen LogP contribution in [0.1, 0.15) is 8.44 Å². The summed E-state index contributed by atoms with van der Waals surface area (Å²) in [5.41, 5.74) is -0.189. The number of rotatable bonds is 3. The van der Waals surface area contributed by atoms with Gasteiger partial charge in [-0.3, -0.25) is 4.18 Å². The van der Waals surface area contributed by atoms with Gasteiger partial charge >= 0.3 is 0 Å². The van der Waals surface area contributed by atoms with Gasteiger partial charge in [-0.2, -0.15) is 18.6 Å². The van der Waals surface area contributed by atoms with Crippen molar-refractivity contribution in [1.82, 2.24) is 10.2 Å². The van der Waals surface area contributed by atoms with Crippen LogP contribution in [0.25, 0.3) is 0 Å². The molecule has 0 N–H and O–H groups in total. The summed E-state index contributed by atoms with van der Waals surface area (Å²) in [6.45, 7) is -2.48. The van der Waals surface area contributed by atoms with Gasteiger partial charge in [0.15, 0.2) is 0 Å². The van der Waals surface area contributed by atoms with Gasteiger partial charge in [-0.25, -0.2) is 0 Å². The van der Waals surface area contributed by atoms with Crippen LogP contribution in [0.4, 0.5) is 0 Å². The monoisotopic (exact) mass is 190 g/mol. The normalized spacial score (nSPS) is 15.1. The summed E-state index contributed by atoms with van der Waals surface area (Å²) in [5.74, 6) is 0. The van der Waals surface area contributed by atoms with Gasteiger partial charge in [0.1, 0.15) is 6.56 Å². The third-order valence-corrected chi connectivity index (χ3v) is 1.26. The van der Waals surface area contributed by atoms with Crippen molar-refractivity contribution in [2.24, 2.45) is 0 Å². The van der Waals surface area contributed by atoms with Gasteiger partial charge in [-0.1, -0.05) is 0 Å². The number of hydrogen-bond donors (Lipinski definition) is 0. The summed E-state index contributed by atoms with van der Waals surface area (Å²) in [6.07, 6.45) is 2.11. The van der Waals surface area contributed by atoms with Crippen molar-refractivity contribution in [3.8, 4) is 0 Å². The summed E-state index contributed by atoms with van der Waals surface area (Å²) in [7, 11) is -3.87. The lowest BCUT2D eigenvalue weighted by Crippen LogP contribution is -2.04. The Hall–Kier alpha value is -1.01. The fourth-order valence-electron chi connectivity index (χ4n) is 0.474. The summed E-state index contributed by atoms with van der Waals surface area (Å²) >= 11 is 0. The van der Waals surface area contributed by atoms with Gasteiger partial charge < -0.3 is 0 Å². The molecule has 0 radical (unpaired) electrons. The van der Waals surface area contributed by atoms with E-state index in [2.05, 4.69) is 14.4 Å². The first-order chi connectivity index (χ1) is 6.31. The summed E-state index contributed by atoms with van der Waals surface area (Å²) < 4.78 is 40.2. The van der Waals surface area contributed by atoms with E-state index in [1.165, 1.54) is 18.3 Å². The SMILES string of the molecule is [2H]C([2H])(OS(C)(=O)=O)c1cccnn1. The summed E-state index contributed by atoms with van der Waals surface area (Å²) in [4.78, 5) is 0. The Kier molecular flexibility index (Phi) is 1.95. The molecule has 0 aliphatic heterocycles. The molecule has 0 aromatic carbocycles. The molecule has 1 aromatic rings. The molecule has 0 atom stereocenters. The smallest absolute Gasteiger partial charge is 0.264 e. The van der Waals surface area contributed by atoms with E-state index in [1.807, 2.05) is 0 Å². The second kappa shape index (κ2) is 3.59. The van der Waals surface area contributed by atoms with Crippen LogP contribution in [0.2, 0.25) is 0 Å². The van der Waals surface area contributed by atoms with Crippen LogP contribution in [0.3, 0.4) is 0 Å². The molecule has 0 unspecified atom stereocenters. The predicted molar refractivity (Wildman–Crippen MR) is 41.7 cm³/mol. The van der Waals surface area contributed by atoms with Gasteiger partial charge in [0.25, 0.3) is 10.1 Å². The van der Waals surface area contributed by atoms with Crippen LogP contribution < -0.4 is 0 Å². The molecule has 0 amide bonds. The third-order valence-electron chi connectivity index (χ3n) is 0.870. The molecule has 0 saturated carbocycles.